The highest BCUT2D eigenvalue weighted by Gasteiger charge is 2.19. The van der Waals surface area contributed by atoms with Crippen LogP contribution in [0.15, 0.2) is 47.4 Å². The summed E-state index contributed by atoms with van der Waals surface area (Å²) in [6, 6.07) is 10.0. The van der Waals surface area contributed by atoms with Crippen molar-refractivity contribution < 1.29 is 23.1 Å². The van der Waals surface area contributed by atoms with Crippen LogP contribution in [0.5, 0.6) is 0 Å². The number of carbonyl (C=O) groups excluding carboxylic acids is 1. The molecule has 0 aromatic heterocycles. The average Bonchev–Trinajstić information content (AvgIpc) is 2.48. The van der Waals surface area contributed by atoms with Crippen LogP contribution in [0.2, 0.25) is 0 Å². The van der Waals surface area contributed by atoms with E-state index in [-0.39, 0.29) is 16.4 Å². The van der Waals surface area contributed by atoms with E-state index < -0.39 is 16.0 Å². The number of nitrogens with one attached hydrogen (secondary N) is 2. The Morgan fingerprint density at radius 1 is 1.00 bits per heavy atom. The highest BCUT2D eigenvalue weighted by Crippen LogP contribution is 2.22. The largest absolute Gasteiger partial charge is 0.478 e. The van der Waals surface area contributed by atoms with Crippen molar-refractivity contribution in [2.24, 2.45) is 0 Å². The third-order valence-electron chi connectivity index (χ3n) is 3.18. The Morgan fingerprint density at radius 2 is 1.58 bits per heavy atom. The first-order valence-corrected chi connectivity index (χ1v) is 8.42. The number of anilines is 2. The molecule has 0 aliphatic rings. The van der Waals surface area contributed by atoms with E-state index in [0.29, 0.717) is 16.9 Å². The fourth-order valence-electron chi connectivity index (χ4n) is 2.06. The Labute approximate surface area is 139 Å². The number of carboxylic acid groups (broad SMARTS) is 1. The van der Waals surface area contributed by atoms with Gasteiger partial charge in [0.2, 0.25) is 5.91 Å². The standard InChI is InChI=1S/C16H16N2O5S/c1-10-3-4-12(16(20)21)9-15(10)24(22,23)18-14-7-5-13(6-8-14)17-11(2)19/h3-9,18H,1-2H3,(H,17,19)(H,20,21). The lowest BCUT2D eigenvalue weighted by Gasteiger charge is -2.11. The normalized spacial score (nSPS) is 10.9. The molecule has 0 aliphatic heterocycles. The number of hydrogen-bond donors (Lipinski definition) is 3. The van der Waals surface area contributed by atoms with E-state index in [0.717, 1.165) is 6.07 Å². The number of carbonyl (C=O) groups is 2. The summed E-state index contributed by atoms with van der Waals surface area (Å²) < 4.78 is 27.4. The molecule has 2 aromatic carbocycles. The van der Waals surface area contributed by atoms with Gasteiger partial charge in [-0.3, -0.25) is 9.52 Å². The second-order valence-corrected chi connectivity index (χ2v) is 6.80. The van der Waals surface area contributed by atoms with E-state index in [2.05, 4.69) is 10.0 Å². The van der Waals surface area contributed by atoms with E-state index in [4.69, 9.17) is 5.11 Å². The number of sulfonamides is 1. The molecule has 0 fully saturated rings. The van der Waals surface area contributed by atoms with Gasteiger partial charge in [-0.15, -0.1) is 0 Å². The molecule has 2 aromatic rings. The summed E-state index contributed by atoms with van der Waals surface area (Å²) >= 11 is 0. The van der Waals surface area contributed by atoms with Crippen LogP contribution in [-0.2, 0) is 14.8 Å². The quantitative estimate of drug-likeness (QED) is 0.768. The second kappa shape index (κ2) is 6.71. The third kappa shape index (κ3) is 4.11. The van der Waals surface area contributed by atoms with Gasteiger partial charge in [0.25, 0.3) is 10.0 Å². The van der Waals surface area contributed by atoms with Gasteiger partial charge in [-0.25, -0.2) is 13.2 Å². The number of hydrogen-bond acceptors (Lipinski definition) is 4. The minimum Gasteiger partial charge on any atom is -0.478 e. The van der Waals surface area contributed by atoms with Gasteiger partial charge in [0.15, 0.2) is 0 Å². The Bertz CT molecular complexity index is 889. The molecular formula is C16H16N2O5S. The fourth-order valence-corrected chi connectivity index (χ4v) is 3.39. The van der Waals surface area contributed by atoms with E-state index in [1.807, 2.05) is 0 Å². The number of carboxylic acids is 1. The zero-order chi connectivity index (χ0) is 17.9. The number of rotatable bonds is 5. The van der Waals surface area contributed by atoms with Gasteiger partial charge in [-0.05, 0) is 48.9 Å². The zero-order valence-electron chi connectivity index (χ0n) is 13.0. The number of aromatic carboxylic acids is 1. The van der Waals surface area contributed by atoms with Crippen molar-refractivity contribution in [2.75, 3.05) is 10.0 Å². The van der Waals surface area contributed by atoms with E-state index in [1.165, 1.54) is 31.2 Å². The predicted octanol–water partition coefficient (Wildman–Crippen LogP) is 2.45. The predicted molar refractivity (Wildman–Crippen MR) is 89.7 cm³/mol. The van der Waals surface area contributed by atoms with Gasteiger partial charge in [0, 0.05) is 18.3 Å². The van der Waals surface area contributed by atoms with Crippen molar-refractivity contribution in [3.63, 3.8) is 0 Å². The van der Waals surface area contributed by atoms with Gasteiger partial charge in [-0.2, -0.15) is 0 Å². The molecule has 0 aliphatic carbocycles. The fraction of sp³-hybridized carbons (Fsp3) is 0.125. The summed E-state index contributed by atoms with van der Waals surface area (Å²) in [6.07, 6.45) is 0. The maximum atomic E-state index is 12.5. The van der Waals surface area contributed by atoms with Crippen molar-refractivity contribution in [1.29, 1.82) is 0 Å². The Kier molecular flexibility index (Phi) is 4.89. The maximum absolute atomic E-state index is 12.5. The van der Waals surface area contributed by atoms with Crippen LogP contribution in [-0.4, -0.2) is 25.4 Å². The van der Waals surface area contributed by atoms with Crippen molar-refractivity contribution in [3.8, 4) is 0 Å². The summed E-state index contributed by atoms with van der Waals surface area (Å²) in [5.74, 6) is -1.43. The molecule has 0 atom stereocenters. The van der Waals surface area contributed by atoms with Gasteiger partial charge in [-0.1, -0.05) is 6.07 Å². The average molecular weight is 348 g/mol. The molecule has 8 heteroatoms. The number of aryl methyl sites for hydroxylation is 1. The van der Waals surface area contributed by atoms with Crippen LogP contribution in [0, 0.1) is 6.92 Å². The Balaban J connectivity index is 2.30. The van der Waals surface area contributed by atoms with Crippen LogP contribution >= 0.6 is 0 Å². The molecule has 0 heterocycles. The SMILES string of the molecule is CC(=O)Nc1ccc(NS(=O)(=O)c2cc(C(=O)O)ccc2C)cc1. The van der Waals surface area contributed by atoms with E-state index in [9.17, 15) is 18.0 Å². The van der Waals surface area contributed by atoms with Crippen LogP contribution in [0.1, 0.15) is 22.8 Å². The minimum absolute atomic E-state index is 0.103. The lowest BCUT2D eigenvalue weighted by Crippen LogP contribution is -2.15. The summed E-state index contributed by atoms with van der Waals surface area (Å²) in [5.41, 5.74) is 1.16. The molecule has 0 saturated heterocycles. The van der Waals surface area contributed by atoms with Crippen LogP contribution in [0.4, 0.5) is 11.4 Å². The van der Waals surface area contributed by atoms with Crippen LogP contribution in [0.25, 0.3) is 0 Å². The van der Waals surface area contributed by atoms with Gasteiger partial charge >= 0.3 is 5.97 Å². The molecule has 2 rings (SSSR count). The van der Waals surface area contributed by atoms with Crippen molar-refractivity contribution in [3.05, 3.63) is 53.6 Å². The molecular weight excluding hydrogens is 332 g/mol. The molecule has 0 saturated carbocycles. The molecule has 0 unspecified atom stereocenters. The Morgan fingerprint density at radius 3 is 2.12 bits per heavy atom. The van der Waals surface area contributed by atoms with Crippen molar-refractivity contribution in [1.82, 2.24) is 0 Å². The van der Waals surface area contributed by atoms with Crippen LogP contribution < -0.4 is 10.0 Å². The molecule has 7 nitrogen and oxygen atoms in total. The monoisotopic (exact) mass is 348 g/mol. The van der Waals surface area contributed by atoms with Crippen molar-refractivity contribution >= 4 is 33.3 Å². The first-order chi connectivity index (χ1) is 11.2. The lowest BCUT2D eigenvalue weighted by molar-refractivity contribution is -0.114. The topological polar surface area (TPSA) is 113 Å². The highest BCUT2D eigenvalue weighted by atomic mass is 32.2. The minimum atomic E-state index is -3.94. The van der Waals surface area contributed by atoms with E-state index in [1.54, 1.807) is 19.1 Å². The van der Waals surface area contributed by atoms with Gasteiger partial charge < -0.3 is 10.4 Å². The molecule has 3 N–H and O–H groups in total. The summed E-state index contributed by atoms with van der Waals surface area (Å²) in [6.45, 7) is 2.95. The Hall–Kier alpha value is -2.87. The van der Waals surface area contributed by atoms with Gasteiger partial charge in [0.1, 0.15) is 0 Å². The van der Waals surface area contributed by atoms with Gasteiger partial charge in [0.05, 0.1) is 10.5 Å². The number of amides is 1. The van der Waals surface area contributed by atoms with Crippen LogP contribution in [0.3, 0.4) is 0 Å². The van der Waals surface area contributed by atoms with E-state index >= 15 is 0 Å². The zero-order valence-corrected chi connectivity index (χ0v) is 13.8. The highest BCUT2D eigenvalue weighted by molar-refractivity contribution is 7.92. The lowest BCUT2D eigenvalue weighted by atomic mass is 10.1. The number of benzene rings is 2. The smallest absolute Gasteiger partial charge is 0.335 e. The molecule has 0 radical (unpaired) electrons. The molecule has 0 bridgehead atoms. The summed E-state index contributed by atoms with van der Waals surface area (Å²) in [7, 11) is -3.94. The summed E-state index contributed by atoms with van der Waals surface area (Å²) in [5, 5.41) is 11.6. The summed E-state index contributed by atoms with van der Waals surface area (Å²) in [4.78, 5) is 21.9. The third-order valence-corrected chi connectivity index (χ3v) is 4.71. The molecule has 1 amide bonds. The second-order valence-electron chi connectivity index (χ2n) is 5.15. The first kappa shape index (κ1) is 17.5. The first-order valence-electron chi connectivity index (χ1n) is 6.93. The molecule has 126 valence electrons. The molecule has 0 spiro atoms. The maximum Gasteiger partial charge on any atom is 0.335 e. The molecule has 24 heavy (non-hydrogen) atoms. The van der Waals surface area contributed by atoms with Crippen molar-refractivity contribution in [2.45, 2.75) is 18.7 Å².